The van der Waals surface area contributed by atoms with Gasteiger partial charge in [-0.05, 0) is 6.07 Å². The van der Waals surface area contributed by atoms with Crippen molar-refractivity contribution >= 4 is 6.21 Å². The third kappa shape index (κ3) is 4.44. The molecule has 1 aromatic heterocycles. The molecule has 0 aliphatic carbocycles. The molecule has 1 heterocycles. The SMILES string of the molecule is COc1ccc(/C=N/CC(F)(F)F)cn1. The maximum Gasteiger partial charge on any atom is 0.407 e. The Balaban J connectivity index is 2.57. The molecular formula is C9H9F3N2O. The molecular weight excluding hydrogens is 209 g/mol. The zero-order valence-electron chi connectivity index (χ0n) is 7.95. The molecule has 0 aromatic carbocycles. The first-order chi connectivity index (χ1) is 7.01. The van der Waals surface area contributed by atoms with Gasteiger partial charge in [-0.25, -0.2) is 4.98 Å². The van der Waals surface area contributed by atoms with Gasteiger partial charge in [0.15, 0.2) is 0 Å². The lowest BCUT2D eigenvalue weighted by Gasteiger charge is -2.00. The number of hydrogen-bond acceptors (Lipinski definition) is 3. The lowest BCUT2D eigenvalue weighted by molar-refractivity contribution is -0.118. The van der Waals surface area contributed by atoms with Gasteiger partial charge >= 0.3 is 6.18 Å². The Morgan fingerprint density at radius 2 is 2.20 bits per heavy atom. The summed E-state index contributed by atoms with van der Waals surface area (Å²) in [6, 6.07) is 3.13. The number of aliphatic imine (C=N–C) groups is 1. The van der Waals surface area contributed by atoms with Crippen LogP contribution in [0.1, 0.15) is 5.56 Å². The highest BCUT2D eigenvalue weighted by Gasteiger charge is 2.25. The Kier molecular flexibility index (Phi) is 3.65. The standard InChI is InChI=1S/C9H9F3N2O/c1-15-8-3-2-7(5-14-8)4-13-6-9(10,11)12/h2-5H,6H2,1H3/b13-4+. The first-order valence-electron chi connectivity index (χ1n) is 4.08. The summed E-state index contributed by atoms with van der Waals surface area (Å²) in [6.07, 6.45) is -1.75. The maximum absolute atomic E-state index is 11.7. The monoisotopic (exact) mass is 218 g/mol. The molecule has 3 nitrogen and oxygen atoms in total. The highest BCUT2D eigenvalue weighted by Crippen LogP contribution is 2.14. The van der Waals surface area contributed by atoms with Crippen molar-refractivity contribution in [2.75, 3.05) is 13.7 Å². The normalized spacial score (nSPS) is 12.0. The molecule has 0 saturated heterocycles. The van der Waals surface area contributed by atoms with Gasteiger partial charge in [-0.3, -0.25) is 4.99 Å². The summed E-state index contributed by atoms with van der Waals surface area (Å²) in [7, 11) is 1.46. The smallest absolute Gasteiger partial charge is 0.407 e. The summed E-state index contributed by atoms with van der Waals surface area (Å²) in [5.74, 6) is 0.406. The molecule has 15 heavy (non-hydrogen) atoms. The predicted octanol–water partition coefficient (Wildman–Crippen LogP) is 2.07. The van der Waals surface area contributed by atoms with Crippen LogP contribution in [0.5, 0.6) is 5.88 Å². The number of nitrogens with zero attached hydrogens (tertiary/aromatic N) is 2. The molecule has 0 fully saturated rings. The highest BCUT2D eigenvalue weighted by atomic mass is 19.4. The van der Waals surface area contributed by atoms with Crippen LogP contribution in [0.2, 0.25) is 0 Å². The van der Waals surface area contributed by atoms with Crippen molar-refractivity contribution < 1.29 is 17.9 Å². The van der Waals surface area contributed by atoms with Crippen molar-refractivity contribution in [1.82, 2.24) is 4.98 Å². The zero-order chi connectivity index (χ0) is 11.3. The summed E-state index contributed by atoms with van der Waals surface area (Å²) >= 11 is 0. The van der Waals surface area contributed by atoms with Gasteiger partial charge in [-0.2, -0.15) is 13.2 Å². The van der Waals surface area contributed by atoms with Gasteiger partial charge in [0.2, 0.25) is 5.88 Å². The Morgan fingerprint density at radius 1 is 1.47 bits per heavy atom. The summed E-state index contributed by atoms with van der Waals surface area (Å²) < 4.78 is 40.0. The van der Waals surface area contributed by atoms with Crippen molar-refractivity contribution in [3.63, 3.8) is 0 Å². The van der Waals surface area contributed by atoms with Crippen molar-refractivity contribution in [3.8, 4) is 5.88 Å². The number of hydrogen-bond donors (Lipinski definition) is 0. The quantitative estimate of drug-likeness (QED) is 0.728. The lowest BCUT2D eigenvalue weighted by Crippen LogP contribution is -2.11. The van der Waals surface area contributed by atoms with Gasteiger partial charge in [0, 0.05) is 24.0 Å². The van der Waals surface area contributed by atoms with Crippen LogP contribution in [0.15, 0.2) is 23.3 Å². The van der Waals surface area contributed by atoms with Crippen molar-refractivity contribution in [2.24, 2.45) is 4.99 Å². The topological polar surface area (TPSA) is 34.5 Å². The minimum Gasteiger partial charge on any atom is -0.481 e. The van der Waals surface area contributed by atoms with Gasteiger partial charge in [0.25, 0.3) is 0 Å². The van der Waals surface area contributed by atoms with Crippen LogP contribution in [0.25, 0.3) is 0 Å². The van der Waals surface area contributed by atoms with E-state index in [0.29, 0.717) is 11.4 Å². The van der Waals surface area contributed by atoms with E-state index in [9.17, 15) is 13.2 Å². The van der Waals surface area contributed by atoms with Crippen molar-refractivity contribution in [3.05, 3.63) is 23.9 Å². The van der Waals surface area contributed by atoms with Crippen LogP contribution in [-0.4, -0.2) is 31.0 Å². The van der Waals surface area contributed by atoms with Crippen LogP contribution in [0.3, 0.4) is 0 Å². The fourth-order valence-electron chi connectivity index (χ4n) is 0.843. The minimum absolute atomic E-state index is 0.406. The molecule has 0 unspecified atom stereocenters. The molecule has 0 aliphatic rings. The van der Waals surface area contributed by atoms with Crippen LogP contribution in [-0.2, 0) is 0 Å². The lowest BCUT2D eigenvalue weighted by atomic mass is 10.3. The second-order valence-corrected chi connectivity index (χ2v) is 2.72. The number of methoxy groups -OCH3 is 1. The second kappa shape index (κ2) is 4.77. The van der Waals surface area contributed by atoms with E-state index in [1.54, 1.807) is 12.1 Å². The molecule has 0 radical (unpaired) electrons. The van der Waals surface area contributed by atoms with Crippen molar-refractivity contribution in [2.45, 2.75) is 6.18 Å². The number of alkyl halides is 3. The van der Waals surface area contributed by atoms with Gasteiger partial charge in [-0.15, -0.1) is 0 Å². The van der Waals surface area contributed by atoms with Crippen LogP contribution < -0.4 is 4.74 Å². The van der Waals surface area contributed by atoms with Gasteiger partial charge < -0.3 is 4.74 Å². The molecule has 6 heteroatoms. The Labute approximate surface area is 84.6 Å². The second-order valence-electron chi connectivity index (χ2n) is 2.72. The van der Waals surface area contributed by atoms with E-state index in [1.807, 2.05) is 0 Å². The molecule has 0 N–H and O–H groups in total. The number of rotatable bonds is 3. The number of halogens is 3. The largest absolute Gasteiger partial charge is 0.481 e. The number of aromatic nitrogens is 1. The average Bonchev–Trinajstić information content (AvgIpc) is 2.17. The van der Waals surface area contributed by atoms with E-state index in [0.717, 1.165) is 6.21 Å². The predicted molar refractivity (Wildman–Crippen MR) is 49.3 cm³/mol. The molecule has 82 valence electrons. The fourth-order valence-corrected chi connectivity index (χ4v) is 0.843. The van der Waals surface area contributed by atoms with Crippen LogP contribution in [0.4, 0.5) is 13.2 Å². The summed E-state index contributed by atoms with van der Waals surface area (Å²) in [4.78, 5) is 7.06. The van der Waals surface area contributed by atoms with Crippen molar-refractivity contribution in [1.29, 1.82) is 0 Å². The average molecular weight is 218 g/mol. The Hall–Kier alpha value is -1.59. The van der Waals surface area contributed by atoms with Gasteiger partial charge in [0.05, 0.1) is 7.11 Å². The van der Waals surface area contributed by atoms with E-state index < -0.39 is 12.7 Å². The Morgan fingerprint density at radius 3 is 2.67 bits per heavy atom. The zero-order valence-corrected chi connectivity index (χ0v) is 7.95. The third-order valence-electron chi connectivity index (χ3n) is 1.48. The fraction of sp³-hybridized carbons (Fsp3) is 0.333. The first kappa shape index (κ1) is 11.5. The molecule has 0 bridgehead atoms. The summed E-state index contributed by atoms with van der Waals surface area (Å²) in [5, 5.41) is 0. The molecule has 0 aliphatic heterocycles. The van der Waals surface area contributed by atoms with Crippen LogP contribution in [0, 0.1) is 0 Å². The molecule has 0 atom stereocenters. The van der Waals surface area contributed by atoms with E-state index >= 15 is 0 Å². The number of pyridine rings is 1. The third-order valence-corrected chi connectivity index (χ3v) is 1.48. The van der Waals surface area contributed by atoms with Gasteiger partial charge in [-0.1, -0.05) is 0 Å². The van der Waals surface area contributed by atoms with E-state index in [1.165, 1.54) is 13.3 Å². The molecule has 1 aromatic rings. The minimum atomic E-state index is -4.27. The molecule has 1 rings (SSSR count). The maximum atomic E-state index is 11.7. The Bertz CT molecular complexity index is 332. The molecule has 0 amide bonds. The van der Waals surface area contributed by atoms with E-state index in [2.05, 4.69) is 9.98 Å². The number of ether oxygens (including phenoxy) is 1. The van der Waals surface area contributed by atoms with E-state index in [-0.39, 0.29) is 0 Å². The molecule has 0 saturated carbocycles. The highest BCUT2D eigenvalue weighted by molar-refractivity contribution is 5.79. The summed E-state index contributed by atoms with van der Waals surface area (Å²) in [5.41, 5.74) is 0.500. The molecule has 0 spiro atoms. The first-order valence-corrected chi connectivity index (χ1v) is 4.08. The van der Waals surface area contributed by atoms with Gasteiger partial charge in [0.1, 0.15) is 6.54 Å². The summed E-state index contributed by atoms with van der Waals surface area (Å²) in [6.45, 7) is -1.18. The van der Waals surface area contributed by atoms with E-state index in [4.69, 9.17) is 4.74 Å². The van der Waals surface area contributed by atoms with Crippen LogP contribution >= 0.6 is 0 Å².